The topological polar surface area (TPSA) is 83.9 Å². The number of fused-ring (bicyclic) bond motifs is 1. The van der Waals surface area contributed by atoms with E-state index in [0.29, 0.717) is 11.7 Å². The van der Waals surface area contributed by atoms with Crippen molar-refractivity contribution in [3.63, 3.8) is 0 Å². The van der Waals surface area contributed by atoms with Gasteiger partial charge in [-0.05, 0) is 61.7 Å². The Kier molecular flexibility index (Phi) is 5.30. The Morgan fingerprint density at radius 3 is 2.81 bits per heavy atom. The molecule has 0 aliphatic carbocycles. The molecule has 1 saturated heterocycles. The third-order valence-corrected chi connectivity index (χ3v) is 6.45. The standard InChI is InChI=1S/C23H22N6OS/c1-15-4-5-19-20(13-15)31-23(25-19)26-22(30)17-3-2-12-29(14-17)21-7-6-18(27-28-21)16-8-10-24-11-9-16/h4-11,13,17H,2-3,12,14H2,1H3,(H,25,26,30). The van der Waals surface area contributed by atoms with Crippen molar-refractivity contribution < 1.29 is 4.79 Å². The van der Waals surface area contributed by atoms with Gasteiger partial charge in [0.05, 0.1) is 21.8 Å². The second kappa shape index (κ2) is 8.39. The average molecular weight is 431 g/mol. The van der Waals surface area contributed by atoms with Gasteiger partial charge in [-0.25, -0.2) is 4.98 Å². The van der Waals surface area contributed by atoms with Gasteiger partial charge in [-0.1, -0.05) is 17.4 Å². The molecule has 1 fully saturated rings. The van der Waals surface area contributed by atoms with Gasteiger partial charge in [-0.3, -0.25) is 9.78 Å². The zero-order valence-corrected chi connectivity index (χ0v) is 18.0. The number of nitrogens with zero attached hydrogens (tertiary/aromatic N) is 5. The number of anilines is 2. The summed E-state index contributed by atoms with van der Waals surface area (Å²) in [6.45, 7) is 3.55. The number of hydrogen-bond donors (Lipinski definition) is 1. The predicted molar refractivity (Wildman–Crippen MR) is 123 cm³/mol. The maximum atomic E-state index is 12.9. The van der Waals surface area contributed by atoms with E-state index in [2.05, 4.69) is 43.4 Å². The van der Waals surface area contributed by atoms with Crippen LogP contribution in [0.5, 0.6) is 0 Å². The summed E-state index contributed by atoms with van der Waals surface area (Å²) in [7, 11) is 0. The van der Waals surface area contributed by atoms with E-state index in [-0.39, 0.29) is 11.8 Å². The Morgan fingerprint density at radius 1 is 1.13 bits per heavy atom. The molecule has 0 radical (unpaired) electrons. The smallest absolute Gasteiger partial charge is 0.231 e. The van der Waals surface area contributed by atoms with Gasteiger partial charge in [-0.15, -0.1) is 10.2 Å². The van der Waals surface area contributed by atoms with Gasteiger partial charge in [0.1, 0.15) is 0 Å². The minimum absolute atomic E-state index is 0.0156. The molecule has 4 heterocycles. The largest absolute Gasteiger partial charge is 0.354 e. The van der Waals surface area contributed by atoms with E-state index < -0.39 is 0 Å². The Balaban J connectivity index is 1.26. The van der Waals surface area contributed by atoms with E-state index in [4.69, 9.17) is 0 Å². The number of benzene rings is 1. The van der Waals surface area contributed by atoms with Gasteiger partial charge in [0.25, 0.3) is 0 Å². The number of piperidine rings is 1. The molecule has 8 heteroatoms. The van der Waals surface area contributed by atoms with Crippen LogP contribution in [0.4, 0.5) is 10.9 Å². The molecule has 0 bridgehead atoms. The molecule has 4 aromatic rings. The molecular formula is C23H22N6OS. The SMILES string of the molecule is Cc1ccc2nc(NC(=O)C3CCCN(c4ccc(-c5ccncc5)nn4)C3)sc2c1. The summed E-state index contributed by atoms with van der Waals surface area (Å²) in [6.07, 6.45) is 5.27. The minimum Gasteiger partial charge on any atom is -0.354 e. The number of carbonyl (C=O) groups is 1. The monoisotopic (exact) mass is 430 g/mol. The first-order valence-corrected chi connectivity index (χ1v) is 11.1. The Labute approximate surface area is 184 Å². The average Bonchev–Trinajstić information content (AvgIpc) is 3.21. The summed E-state index contributed by atoms with van der Waals surface area (Å²) < 4.78 is 1.09. The van der Waals surface area contributed by atoms with Crippen LogP contribution in [-0.4, -0.2) is 39.2 Å². The number of carbonyl (C=O) groups excluding carboxylic acids is 1. The highest BCUT2D eigenvalue weighted by molar-refractivity contribution is 7.22. The fourth-order valence-electron chi connectivity index (χ4n) is 3.86. The van der Waals surface area contributed by atoms with E-state index in [9.17, 15) is 4.79 Å². The molecule has 1 amide bonds. The van der Waals surface area contributed by atoms with E-state index in [1.165, 1.54) is 16.9 Å². The fourth-order valence-corrected chi connectivity index (χ4v) is 4.83. The van der Waals surface area contributed by atoms with Gasteiger partial charge in [-0.2, -0.15) is 0 Å². The van der Waals surface area contributed by atoms with Crippen molar-refractivity contribution in [1.29, 1.82) is 0 Å². The quantitative estimate of drug-likeness (QED) is 0.519. The molecule has 1 aromatic carbocycles. The lowest BCUT2D eigenvalue weighted by Gasteiger charge is -2.32. The van der Waals surface area contributed by atoms with Gasteiger partial charge < -0.3 is 10.2 Å². The molecule has 31 heavy (non-hydrogen) atoms. The first-order chi connectivity index (χ1) is 15.2. The lowest BCUT2D eigenvalue weighted by Crippen LogP contribution is -2.41. The van der Waals surface area contributed by atoms with E-state index in [0.717, 1.165) is 46.7 Å². The molecule has 1 N–H and O–H groups in total. The maximum Gasteiger partial charge on any atom is 0.231 e. The van der Waals surface area contributed by atoms with Crippen LogP contribution < -0.4 is 10.2 Å². The number of pyridine rings is 1. The summed E-state index contributed by atoms with van der Waals surface area (Å²) in [5, 5.41) is 12.5. The molecule has 1 atom stereocenters. The predicted octanol–water partition coefficient (Wildman–Crippen LogP) is 4.31. The van der Waals surface area contributed by atoms with Crippen LogP contribution in [0.1, 0.15) is 18.4 Å². The van der Waals surface area contributed by atoms with E-state index >= 15 is 0 Å². The highest BCUT2D eigenvalue weighted by atomic mass is 32.1. The highest BCUT2D eigenvalue weighted by Crippen LogP contribution is 2.28. The molecule has 3 aromatic heterocycles. The van der Waals surface area contributed by atoms with Crippen molar-refractivity contribution in [2.24, 2.45) is 5.92 Å². The number of aromatic nitrogens is 4. The zero-order chi connectivity index (χ0) is 21.2. The molecule has 1 aliphatic heterocycles. The van der Waals surface area contributed by atoms with Crippen molar-refractivity contribution in [2.45, 2.75) is 19.8 Å². The number of amides is 1. The Morgan fingerprint density at radius 2 is 2.00 bits per heavy atom. The number of hydrogen-bond acceptors (Lipinski definition) is 7. The van der Waals surface area contributed by atoms with Crippen molar-refractivity contribution in [2.75, 3.05) is 23.3 Å². The number of nitrogens with one attached hydrogen (secondary N) is 1. The maximum absolute atomic E-state index is 12.9. The normalized spacial score (nSPS) is 16.4. The Bertz CT molecular complexity index is 1210. The van der Waals surface area contributed by atoms with Crippen LogP contribution in [0.25, 0.3) is 21.5 Å². The summed E-state index contributed by atoms with van der Waals surface area (Å²) in [6, 6.07) is 13.9. The lowest BCUT2D eigenvalue weighted by atomic mass is 9.97. The van der Waals surface area contributed by atoms with Gasteiger partial charge in [0.15, 0.2) is 10.9 Å². The van der Waals surface area contributed by atoms with E-state index in [1.54, 1.807) is 12.4 Å². The number of aryl methyl sites for hydroxylation is 1. The third-order valence-electron chi connectivity index (χ3n) is 5.52. The molecule has 0 spiro atoms. The third kappa shape index (κ3) is 4.25. The molecule has 5 rings (SSSR count). The van der Waals surface area contributed by atoms with Gasteiger partial charge >= 0.3 is 0 Å². The lowest BCUT2D eigenvalue weighted by molar-refractivity contribution is -0.120. The van der Waals surface area contributed by atoms with Gasteiger partial charge in [0.2, 0.25) is 5.91 Å². The molecule has 0 saturated carbocycles. The van der Waals surface area contributed by atoms with E-state index in [1.807, 2.05) is 36.4 Å². The minimum atomic E-state index is -0.107. The zero-order valence-electron chi connectivity index (χ0n) is 17.2. The summed E-state index contributed by atoms with van der Waals surface area (Å²) >= 11 is 1.52. The molecule has 7 nitrogen and oxygen atoms in total. The van der Waals surface area contributed by atoms with Crippen LogP contribution in [0.2, 0.25) is 0 Å². The molecule has 156 valence electrons. The van der Waals surface area contributed by atoms with Crippen molar-refractivity contribution in [3.8, 4) is 11.3 Å². The van der Waals surface area contributed by atoms with Crippen LogP contribution in [0.15, 0.2) is 54.9 Å². The van der Waals surface area contributed by atoms with Crippen molar-refractivity contribution >= 4 is 38.4 Å². The van der Waals surface area contributed by atoms with Crippen molar-refractivity contribution in [1.82, 2.24) is 20.2 Å². The molecule has 1 unspecified atom stereocenters. The van der Waals surface area contributed by atoms with Crippen LogP contribution in [0, 0.1) is 12.8 Å². The summed E-state index contributed by atoms with van der Waals surface area (Å²) in [5.74, 6) is 0.705. The van der Waals surface area contributed by atoms with Crippen LogP contribution >= 0.6 is 11.3 Å². The summed E-state index contributed by atoms with van der Waals surface area (Å²) in [5.41, 5.74) is 3.90. The molecule has 1 aliphatic rings. The van der Waals surface area contributed by atoms with Crippen LogP contribution in [0.3, 0.4) is 0 Å². The van der Waals surface area contributed by atoms with Crippen LogP contribution in [-0.2, 0) is 4.79 Å². The number of rotatable bonds is 4. The second-order valence-electron chi connectivity index (χ2n) is 7.78. The van der Waals surface area contributed by atoms with Crippen molar-refractivity contribution in [3.05, 3.63) is 60.4 Å². The highest BCUT2D eigenvalue weighted by Gasteiger charge is 2.27. The summed E-state index contributed by atoms with van der Waals surface area (Å²) in [4.78, 5) is 23.6. The first-order valence-electron chi connectivity index (χ1n) is 10.3. The van der Waals surface area contributed by atoms with Gasteiger partial charge in [0, 0.05) is 31.0 Å². The first kappa shape index (κ1) is 19.6. The number of thiazole rings is 1. The fraction of sp³-hybridized carbons (Fsp3) is 0.261. The molecular weight excluding hydrogens is 408 g/mol. The second-order valence-corrected chi connectivity index (χ2v) is 8.81. The Hall–Kier alpha value is -3.39.